The largest absolute Gasteiger partial charge is 0.472 e. The molecule has 0 saturated carbocycles. The molecule has 0 aliphatic rings. The molecule has 0 aliphatic carbocycles. The summed E-state index contributed by atoms with van der Waals surface area (Å²) in [4.78, 5) is 72.0. The summed E-state index contributed by atoms with van der Waals surface area (Å²) in [6.07, 6.45) is 37.9. The standard InChI is InChI=1S/C63H122O17P2/c1-7-9-11-13-15-17-18-19-20-21-22-23-27-35-41-47-62(67)79-58(51-74-61(66)46-40-34-28-24-25-31-37-43-55(3)4)53-77-81(69,70)75-49-57(64)50-76-82(71,72)78-54-59(52-73-60(65)45-39-33-26-16-14-12-10-8-2)80-63(68)48-42-36-30-29-32-38-44-56(5)6/h55-59,64H,7-54H2,1-6H3,(H,69,70)(H,71,72)/t57-,58-,59-/m1/s1. The Labute approximate surface area is 498 Å². The number of aliphatic hydroxyl groups is 1. The van der Waals surface area contributed by atoms with Crippen LogP contribution < -0.4 is 0 Å². The van der Waals surface area contributed by atoms with Crippen molar-refractivity contribution < 1.29 is 80.2 Å². The molecule has 3 N–H and O–H groups in total. The van der Waals surface area contributed by atoms with Gasteiger partial charge in [0.15, 0.2) is 12.2 Å². The molecule has 82 heavy (non-hydrogen) atoms. The Kier molecular flexibility index (Phi) is 54.3. The van der Waals surface area contributed by atoms with E-state index in [1.54, 1.807) is 0 Å². The number of phosphoric ester groups is 2. The second kappa shape index (κ2) is 55.6. The van der Waals surface area contributed by atoms with Gasteiger partial charge in [0.25, 0.3) is 0 Å². The topological polar surface area (TPSA) is 237 Å². The number of hydrogen-bond donors (Lipinski definition) is 3. The molecule has 19 heteroatoms. The predicted molar refractivity (Wildman–Crippen MR) is 326 cm³/mol. The molecule has 0 rings (SSSR count). The summed E-state index contributed by atoms with van der Waals surface area (Å²) >= 11 is 0. The monoisotopic (exact) mass is 1210 g/mol. The van der Waals surface area contributed by atoms with E-state index < -0.39 is 97.5 Å². The SMILES string of the molecule is CCCCCCCCCCCCCCCCCC(=O)O[C@H](COC(=O)CCCCCCCCCC(C)C)COP(=O)(O)OC[C@@H](O)COP(=O)(O)OC[C@@H](COC(=O)CCCCCCCCCC)OC(=O)CCCCCCCCC(C)C. The lowest BCUT2D eigenvalue weighted by atomic mass is 10.0. The Balaban J connectivity index is 5.21. The Bertz CT molecular complexity index is 1620. The molecule has 0 aromatic carbocycles. The minimum absolute atomic E-state index is 0.102. The van der Waals surface area contributed by atoms with Gasteiger partial charge in [-0.25, -0.2) is 9.13 Å². The smallest absolute Gasteiger partial charge is 0.462 e. The van der Waals surface area contributed by atoms with Gasteiger partial charge < -0.3 is 33.8 Å². The Morgan fingerprint density at radius 1 is 0.329 bits per heavy atom. The number of carbonyl (C=O) groups is 4. The van der Waals surface area contributed by atoms with Crippen LogP contribution in [0.5, 0.6) is 0 Å². The van der Waals surface area contributed by atoms with E-state index in [1.165, 1.54) is 116 Å². The number of carbonyl (C=O) groups excluding carboxylic acids is 4. The second-order valence-electron chi connectivity index (χ2n) is 23.7. The third-order valence-electron chi connectivity index (χ3n) is 14.5. The van der Waals surface area contributed by atoms with E-state index in [-0.39, 0.29) is 25.7 Å². The average molecular weight is 1210 g/mol. The van der Waals surface area contributed by atoms with Crippen LogP contribution in [-0.2, 0) is 65.4 Å². The summed E-state index contributed by atoms with van der Waals surface area (Å²) < 4.78 is 67.9. The van der Waals surface area contributed by atoms with Gasteiger partial charge in [-0.05, 0) is 37.5 Å². The van der Waals surface area contributed by atoms with Gasteiger partial charge in [0.1, 0.15) is 19.3 Å². The number of hydrogen-bond acceptors (Lipinski definition) is 15. The Hall–Kier alpha value is -1.94. The van der Waals surface area contributed by atoms with Crippen LogP contribution in [0, 0.1) is 11.8 Å². The summed E-state index contributed by atoms with van der Waals surface area (Å²) in [6, 6.07) is 0. The van der Waals surface area contributed by atoms with E-state index in [1.807, 2.05) is 0 Å². The van der Waals surface area contributed by atoms with Crippen molar-refractivity contribution in [2.24, 2.45) is 11.8 Å². The molecule has 0 aromatic rings. The van der Waals surface area contributed by atoms with Crippen molar-refractivity contribution in [1.82, 2.24) is 0 Å². The maximum Gasteiger partial charge on any atom is 0.472 e. The molecule has 0 bridgehead atoms. The zero-order chi connectivity index (χ0) is 60.8. The van der Waals surface area contributed by atoms with Crippen LogP contribution in [0.2, 0.25) is 0 Å². The fourth-order valence-corrected chi connectivity index (χ4v) is 10.9. The summed E-state index contributed by atoms with van der Waals surface area (Å²) in [5.74, 6) is -0.767. The third-order valence-corrected chi connectivity index (χ3v) is 16.4. The number of aliphatic hydroxyl groups excluding tert-OH is 1. The molecule has 0 amide bonds. The van der Waals surface area contributed by atoms with Gasteiger partial charge in [-0.2, -0.15) is 0 Å². The highest BCUT2D eigenvalue weighted by Gasteiger charge is 2.30. The summed E-state index contributed by atoms with van der Waals surface area (Å²) in [5, 5.41) is 10.5. The first-order valence-corrected chi connectivity index (χ1v) is 36.0. The lowest BCUT2D eigenvalue weighted by Crippen LogP contribution is -2.30. The highest BCUT2D eigenvalue weighted by molar-refractivity contribution is 7.47. The molecular formula is C63H122O17P2. The van der Waals surface area contributed by atoms with E-state index in [0.717, 1.165) is 103 Å². The molecule has 0 aliphatic heterocycles. The van der Waals surface area contributed by atoms with Gasteiger partial charge in [0.2, 0.25) is 0 Å². The van der Waals surface area contributed by atoms with Crippen LogP contribution in [0.4, 0.5) is 0 Å². The molecule has 2 unspecified atom stereocenters. The van der Waals surface area contributed by atoms with Crippen LogP contribution in [0.3, 0.4) is 0 Å². The first-order chi connectivity index (χ1) is 39.4. The molecule has 5 atom stereocenters. The van der Waals surface area contributed by atoms with Crippen molar-refractivity contribution >= 4 is 39.5 Å². The molecule has 17 nitrogen and oxygen atoms in total. The molecule has 0 heterocycles. The summed E-state index contributed by atoms with van der Waals surface area (Å²) in [7, 11) is -9.88. The van der Waals surface area contributed by atoms with Gasteiger partial charge in [-0.1, -0.05) is 260 Å². The van der Waals surface area contributed by atoms with Crippen molar-refractivity contribution in [2.45, 2.75) is 330 Å². The van der Waals surface area contributed by atoms with Gasteiger partial charge >= 0.3 is 39.5 Å². The fourth-order valence-electron chi connectivity index (χ4n) is 9.35. The first-order valence-electron chi connectivity index (χ1n) is 33.0. The molecule has 0 aromatic heterocycles. The van der Waals surface area contributed by atoms with Crippen LogP contribution >= 0.6 is 15.6 Å². The number of rotatable bonds is 62. The minimum atomic E-state index is -4.94. The molecular weight excluding hydrogens is 1090 g/mol. The van der Waals surface area contributed by atoms with Crippen LogP contribution in [0.25, 0.3) is 0 Å². The summed E-state index contributed by atoms with van der Waals surface area (Å²) in [5.41, 5.74) is 0. The normalized spacial score (nSPS) is 14.3. The van der Waals surface area contributed by atoms with Gasteiger partial charge in [-0.3, -0.25) is 37.3 Å². The maximum atomic E-state index is 13.0. The number of esters is 4. The Morgan fingerprint density at radius 2 is 0.561 bits per heavy atom. The highest BCUT2D eigenvalue weighted by atomic mass is 31.2. The van der Waals surface area contributed by atoms with E-state index >= 15 is 0 Å². The van der Waals surface area contributed by atoms with Crippen molar-refractivity contribution in [2.75, 3.05) is 39.6 Å². The fraction of sp³-hybridized carbons (Fsp3) is 0.937. The van der Waals surface area contributed by atoms with Crippen molar-refractivity contribution in [1.29, 1.82) is 0 Å². The van der Waals surface area contributed by atoms with E-state index in [4.69, 9.17) is 37.0 Å². The van der Waals surface area contributed by atoms with Gasteiger partial charge in [-0.15, -0.1) is 0 Å². The average Bonchev–Trinajstić information content (AvgIpc) is 3.43. The van der Waals surface area contributed by atoms with Crippen molar-refractivity contribution in [3.8, 4) is 0 Å². The van der Waals surface area contributed by atoms with Crippen LogP contribution in [0.1, 0.15) is 311 Å². The quantitative estimate of drug-likeness (QED) is 0.0222. The first kappa shape index (κ1) is 80.1. The van der Waals surface area contributed by atoms with Crippen molar-refractivity contribution in [3.05, 3.63) is 0 Å². The van der Waals surface area contributed by atoms with Crippen LogP contribution in [0.15, 0.2) is 0 Å². The molecule has 0 spiro atoms. The minimum Gasteiger partial charge on any atom is -0.462 e. The second-order valence-corrected chi connectivity index (χ2v) is 26.7. The molecule has 0 radical (unpaired) electrons. The Morgan fingerprint density at radius 3 is 0.829 bits per heavy atom. The lowest BCUT2D eigenvalue weighted by Gasteiger charge is -2.21. The molecule has 0 fully saturated rings. The van der Waals surface area contributed by atoms with Crippen LogP contribution in [-0.4, -0.2) is 96.7 Å². The predicted octanol–water partition coefficient (Wildman–Crippen LogP) is 17.3. The number of unbranched alkanes of at least 4 members (excludes halogenated alkanes) is 32. The number of phosphoric acid groups is 2. The lowest BCUT2D eigenvalue weighted by molar-refractivity contribution is -0.161. The number of ether oxygens (including phenoxy) is 4. The zero-order valence-corrected chi connectivity index (χ0v) is 54.6. The van der Waals surface area contributed by atoms with Crippen molar-refractivity contribution in [3.63, 3.8) is 0 Å². The third kappa shape index (κ3) is 57.2. The molecule has 0 saturated heterocycles. The maximum absolute atomic E-state index is 13.0. The summed E-state index contributed by atoms with van der Waals surface area (Å²) in [6.45, 7) is 9.32. The van der Waals surface area contributed by atoms with Gasteiger partial charge in [0, 0.05) is 25.7 Å². The molecule has 486 valence electrons. The van der Waals surface area contributed by atoms with Gasteiger partial charge in [0.05, 0.1) is 26.4 Å². The highest BCUT2D eigenvalue weighted by Crippen LogP contribution is 2.45. The van der Waals surface area contributed by atoms with E-state index in [2.05, 4.69) is 41.5 Å². The zero-order valence-electron chi connectivity index (χ0n) is 52.8. The van der Waals surface area contributed by atoms with E-state index in [9.17, 15) is 43.2 Å². The van der Waals surface area contributed by atoms with E-state index in [0.29, 0.717) is 37.5 Å².